The van der Waals surface area contributed by atoms with Crippen LogP contribution in [0.4, 0.5) is 0 Å². The van der Waals surface area contributed by atoms with E-state index in [9.17, 15) is 29.1 Å². The summed E-state index contributed by atoms with van der Waals surface area (Å²) in [6, 6.07) is -3.75. The zero-order chi connectivity index (χ0) is 22.7. The molecule has 0 aromatic carbocycles. The Labute approximate surface area is 168 Å². The summed E-state index contributed by atoms with van der Waals surface area (Å²) in [6.45, 7) is 4.05. The molecule has 3 amide bonds. The summed E-state index contributed by atoms with van der Waals surface area (Å²) in [5, 5.41) is 33.8. The van der Waals surface area contributed by atoms with Gasteiger partial charge in [-0.25, -0.2) is 0 Å². The van der Waals surface area contributed by atoms with Crippen LogP contribution in [0.5, 0.6) is 0 Å². The highest BCUT2D eigenvalue weighted by Gasteiger charge is 2.31. The molecule has 0 aliphatic carbocycles. The van der Waals surface area contributed by atoms with E-state index >= 15 is 0 Å². The molecule has 0 aromatic rings. The lowest BCUT2D eigenvalue weighted by molar-refractivity contribution is -0.139. The first-order chi connectivity index (χ1) is 13.4. The number of nitrogens with two attached hydrogens (primary N) is 1. The lowest BCUT2D eigenvalue weighted by Gasteiger charge is -2.26. The monoisotopic (exact) mass is 418 g/mol. The lowest BCUT2D eigenvalue weighted by atomic mass is 9.98. The quantitative estimate of drug-likeness (QED) is 0.172. The van der Waals surface area contributed by atoms with Crippen LogP contribution in [0, 0.1) is 5.92 Å². The molecule has 0 saturated carbocycles. The highest BCUT2D eigenvalue weighted by Crippen LogP contribution is 2.07. The Morgan fingerprint density at radius 2 is 1.52 bits per heavy atom. The third-order valence-electron chi connectivity index (χ3n) is 4.32. The van der Waals surface area contributed by atoms with Gasteiger partial charge < -0.3 is 37.0 Å². The van der Waals surface area contributed by atoms with Crippen LogP contribution >= 0.6 is 0 Å². The molecule has 0 fully saturated rings. The highest BCUT2D eigenvalue weighted by molar-refractivity contribution is 5.94. The fourth-order valence-electron chi connectivity index (χ4n) is 2.25. The van der Waals surface area contributed by atoms with E-state index in [-0.39, 0.29) is 12.3 Å². The first-order valence-electron chi connectivity index (χ1n) is 9.16. The molecular formula is C17H30N4O8. The van der Waals surface area contributed by atoms with Crippen molar-refractivity contribution < 1.29 is 39.3 Å². The summed E-state index contributed by atoms with van der Waals surface area (Å²) < 4.78 is 0. The van der Waals surface area contributed by atoms with Crippen LogP contribution in [0.3, 0.4) is 0 Å². The first-order valence-corrected chi connectivity index (χ1v) is 9.16. The molecule has 12 nitrogen and oxygen atoms in total. The van der Waals surface area contributed by atoms with Gasteiger partial charge in [-0.15, -0.1) is 0 Å². The van der Waals surface area contributed by atoms with Gasteiger partial charge in [0.15, 0.2) is 0 Å². The number of aliphatic hydroxyl groups is 1. The molecule has 0 rings (SSSR count). The van der Waals surface area contributed by atoms with Crippen molar-refractivity contribution >= 4 is 29.7 Å². The van der Waals surface area contributed by atoms with Gasteiger partial charge in [0.2, 0.25) is 17.7 Å². The number of aliphatic carboxylic acids is 2. The second kappa shape index (κ2) is 12.7. The zero-order valence-electron chi connectivity index (χ0n) is 16.7. The van der Waals surface area contributed by atoms with Gasteiger partial charge in [-0.3, -0.25) is 24.0 Å². The number of carbonyl (C=O) groups is 5. The van der Waals surface area contributed by atoms with Gasteiger partial charge in [0.25, 0.3) is 0 Å². The molecule has 166 valence electrons. The maximum Gasteiger partial charge on any atom is 0.322 e. The van der Waals surface area contributed by atoms with Crippen LogP contribution < -0.4 is 21.7 Å². The van der Waals surface area contributed by atoms with Crippen molar-refractivity contribution in [1.29, 1.82) is 0 Å². The standard InChI is InChI=1S/C17H30N4O8/c1-4-8(2)13(18)16(28)20-10(5-6-11(23)24)15(27)21-14(9(3)22)17(29)19-7-12(25)26/h8-10,13-14,22H,4-7,18H2,1-3H3,(H,19,29)(H,20,28)(H,21,27)(H,23,24)(H,25,26). The van der Waals surface area contributed by atoms with Gasteiger partial charge in [0.1, 0.15) is 18.6 Å². The van der Waals surface area contributed by atoms with Crippen molar-refractivity contribution in [3.63, 3.8) is 0 Å². The number of rotatable bonds is 13. The summed E-state index contributed by atoms with van der Waals surface area (Å²) in [6.07, 6.45) is -1.50. The topological polar surface area (TPSA) is 208 Å². The molecule has 5 unspecified atom stereocenters. The Morgan fingerprint density at radius 3 is 1.97 bits per heavy atom. The molecular weight excluding hydrogens is 388 g/mol. The van der Waals surface area contributed by atoms with Gasteiger partial charge in [-0.2, -0.15) is 0 Å². The van der Waals surface area contributed by atoms with E-state index in [4.69, 9.17) is 15.9 Å². The fraction of sp³-hybridized carbons (Fsp3) is 0.706. The molecule has 12 heteroatoms. The van der Waals surface area contributed by atoms with Gasteiger partial charge in [0, 0.05) is 6.42 Å². The van der Waals surface area contributed by atoms with E-state index in [0.717, 1.165) is 0 Å². The number of carboxylic acids is 2. The number of hydrogen-bond donors (Lipinski definition) is 7. The zero-order valence-corrected chi connectivity index (χ0v) is 16.7. The number of nitrogens with one attached hydrogen (secondary N) is 3. The fourth-order valence-corrected chi connectivity index (χ4v) is 2.25. The van der Waals surface area contributed by atoms with E-state index in [1.54, 1.807) is 6.92 Å². The summed E-state index contributed by atoms with van der Waals surface area (Å²) in [5.74, 6) is -5.23. The molecule has 0 radical (unpaired) electrons. The van der Waals surface area contributed by atoms with Crippen LogP contribution in [0.2, 0.25) is 0 Å². The molecule has 0 aromatic heterocycles. The molecule has 0 heterocycles. The minimum absolute atomic E-state index is 0.190. The van der Waals surface area contributed by atoms with Crippen molar-refractivity contribution in [2.24, 2.45) is 11.7 Å². The Hall–Kier alpha value is -2.73. The minimum Gasteiger partial charge on any atom is -0.481 e. The number of hydrogen-bond acceptors (Lipinski definition) is 7. The van der Waals surface area contributed by atoms with Crippen molar-refractivity contribution in [3.8, 4) is 0 Å². The third-order valence-corrected chi connectivity index (χ3v) is 4.32. The molecule has 0 bridgehead atoms. The van der Waals surface area contributed by atoms with Crippen LogP contribution in [0.1, 0.15) is 40.0 Å². The van der Waals surface area contributed by atoms with Crippen LogP contribution in [0.25, 0.3) is 0 Å². The van der Waals surface area contributed by atoms with Crippen LogP contribution in [-0.2, 0) is 24.0 Å². The molecule has 0 saturated heterocycles. The Morgan fingerprint density at radius 1 is 0.931 bits per heavy atom. The molecule has 0 aliphatic heterocycles. The maximum absolute atomic E-state index is 12.5. The third kappa shape index (κ3) is 9.85. The summed E-state index contributed by atoms with van der Waals surface area (Å²) in [4.78, 5) is 58.3. The first kappa shape index (κ1) is 26.3. The largest absolute Gasteiger partial charge is 0.481 e. The normalized spacial score (nSPS) is 15.9. The summed E-state index contributed by atoms with van der Waals surface area (Å²) >= 11 is 0. The Kier molecular flexibility index (Phi) is 11.5. The highest BCUT2D eigenvalue weighted by atomic mass is 16.4. The number of amides is 3. The summed E-state index contributed by atoms with van der Waals surface area (Å²) in [7, 11) is 0. The SMILES string of the molecule is CCC(C)C(N)C(=O)NC(CCC(=O)O)C(=O)NC(C(=O)NCC(=O)O)C(C)O. The van der Waals surface area contributed by atoms with E-state index in [1.165, 1.54) is 6.92 Å². The lowest BCUT2D eigenvalue weighted by Crippen LogP contribution is -2.59. The molecule has 5 atom stereocenters. The van der Waals surface area contributed by atoms with E-state index < -0.39 is 66.9 Å². The summed E-state index contributed by atoms with van der Waals surface area (Å²) in [5.41, 5.74) is 5.82. The maximum atomic E-state index is 12.5. The van der Waals surface area contributed by atoms with Crippen molar-refractivity contribution in [3.05, 3.63) is 0 Å². The van der Waals surface area contributed by atoms with Crippen molar-refractivity contribution in [2.45, 2.75) is 64.3 Å². The number of aliphatic hydroxyl groups excluding tert-OH is 1. The smallest absolute Gasteiger partial charge is 0.322 e. The predicted octanol–water partition coefficient (Wildman–Crippen LogP) is -2.22. The number of carbonyl (C=O) groups excluding carboxylic acids is 3. The molecule has 8 N–H and O–H groups in total. The Balaban J connectivity index is 5.29. The molecule has 29 heavy (non-hydrogen) atoms. The van der Waals surface area contributed by atoms with Gasteiger partial charge >= 0.3 is 11.9 Å². The second-order valence-electron chi connectivity index (χ2n) is 6.74. The molecule has 0 spiro atoms. The molecule has 0 aliphatic rings. The predicted molar refractivity (Wildman–Crippen MR) is 100 cm³/mol. The Bertz CT molecular complexity index is 610. The second-order valence-corrected chi connectivity index (χ2v) is 6.74. The average Bonchev–Trinajstić information content (AvgIpc) is 2.64. The van der Waals surface area contributed by atoms with E-state index in [2.05, 4.69) is 10.6 Å². The van der Waals surface area contributed by atoms with Gasteiger partial charge in [-0.05, 0) is 19.3 Å². The van der Waals surface area contributed by atoms with Gasteiger partial charge in [0.05, 0.1) is 12.1 Å². The number of carboxylic acid groups (broad SMARTS) is 2. The van der Waals surface area contributed by atoms with Crippen LogP contribution in [-0.4, -0.2) is 75.8 Å². The minimum atomic E-state index is -1.51. The van der Waals surface area contributed by atoms with Crippen molar-refractivity contribution in [2.75, 3.05) is 6.54 Å². The van der Waals surface area contributed by atoms with E-state index in [1.807, 2.05) is 12.2 Å². The van der Waals surface area contributed by atoms with Gasteiger partial charge in [-0.1, -0.05) is 20.3 Å². The van der Waals surface area contributed by atoms with Crippen LogP contribution in [0.15, 0.2) is 0 Å². The van der Waals surface area contributed by atoms with E-state index in [0.29, 0.717) is 6.42 Å². The average molecular weight is 418 g/mol. The van der Waals surface area contributed by atoms with Crippen molar-refractivity contribution in [1.82, 2.24) is 16.0 Å².